The van der Waals surface area contributed by atoms with E-state index in [9.17, 15) is 19.6 Å². The topological polar surface area (TPSA) is 90.3 Å². The van der Waals surface area contributed by atoms with E-state index >= 15 is 0 Å². The standard InChI is InChI=1S/C21H16ClN3O3/c22-16-11-13(24-20(28)21(12-23)9-3-4-10-21)7-8-17(16)25-18(26)14-5-1-2-6-15(14)19(25)27/h1-2,5-8,11H,3-4,9-10H2,(H,24,28). The Hall–Kier alpha value is -3.17. The first-order valence-electron chi connectivity index (χ1n) is 8.97. The number of carbonyl (C=O) groups is 3. The van der Waals surface area contributed by atoms with Crippen molar-refractivity contribution < 1.29 is 14.4 Å². The number of fused-ring (bicyclic) bond motifs is 1. The van der Waals surface area contributed by atoms with Gasteiger partial charge >= 0.3 is 0 Å². The fourth-order valence-corrected chi connectivity index (χ4v) is 4.06. The van der Waals surface area contributed by atoms with Gasteiger partial charge in [-0.2, -0.15) is 5.26 Å². The van der Waals surface area contributed by atoms with Crippen molar-refractivity contribution in [2.75, 3.05) is 10.2 Å². The van der Waals surface area contributed by atoms with Gasteiger partial charge in [-0.05, 0) is 43.2 Å². The van der Waals surface area contributed by atoms with Gasteiger partial charge in [0.05, 0.1) is 27.9 Å². The normalized spacial score (nSPS) is 17.4. The number of nitriles is 1. The minimum atomic E-state index is -1.01. The van der Waals surface area contributed by atoms with Gasteiger partial charge in [0.25, 0.3) is 11.8 Å². The smallest absolute Gasteiger partial charge is 0.266 e. The molecule has 4 rings (SSSR count). The van der Waals surface area contributed by atoms with Crippen molar-refractivity contribution in [1.29, 1.82) is 5.26 Å². The highest BCUT2D eigenvalue weighted by molar-refractivity contribution is 6.40. The molecule has 0 spiro atoms. The van der Waals surface area contributed by atoms with E-state index in [2.05, 4.69) is 11.4 Å². The number of nitrogens with zero attached hydrogens (tertiary/aromatic N) is 2. The number of hydrogen-bond acceptors (Lipinski definition) is 4. The molecular weight excluding hydrogens is 378 g/mol. The summed E-state index contributed by atoms with van der Waals surface area (Å²) in [5, 5.41) is 12.3. The number of amides is 3. The lowest BCUT2D eigenvalue weighted by Crippen LogP contribution is -2.32. The van der Waals surface area contributed by atoms with Crippen LogP contribution in [0.15, 0.2) is 42.5 Å². The molecule has 0 radical (unpaired) electrons. The second kappa shape index (κ2) is 6.77. The maximum atomic E-state index is 12.6. The van der Waals surface area contributed by atoms with Crippen LogP contribution in [0.5, 0.6) is 0 Å². The lowest BCUT2D eigenvalue weighted by molar-refractivity contribution is -0.122. The molecule has 1 aliphatic carbocycles. The van der Waals surface area contributed by atoms with Crippen LogP contribution in [0.4, 0.5) is 11.4 Å². The van der Waals surface area contributed by atoms with Crippen molar-refractivity contribution in [1.82, 2.24) is 0 Å². The van der Waals surface area contributed by atoms with E-state index in [-0.39, 0.29) is 16.6 Å². The molecule has 0 atom stereocenters. The molecule has 2 aromatic carbocycles. The Bertz CT molecular complexity index is 1020. The lowest BCUT2D eigenvalue weighted by Gasteiger charge is -2.20. The number of nitrogens with one attached hydrogen (secondary N) is 1. The van der Waals surface area contributed by atoms with Crippen LogP contribution in [0, 0.1) is 16.7 Å². The highest BCUT2D eigenvalue weighted by atomic mass is 35.5. The maximum absolute atomic E-state index is 12.6. The third-order valence-electron chi connectivity index (χ3n) is 5.35. The largest absolute Gasteiger partial charge is 0.325 e. The second-order valence-corrected chi connectivity index (χ2v) is 7.42. The summed E-state index contributed by atoms with van der Waals surface area (Å²) < 4.78 is 0. The molecule has 0 bridgehead atoms. The monoisotopic (exact) mass is 393 g/mol. The van der Waals surface area contributed by atoms with Crippen LogP contribution >= 0.6 is 11.6 Å². The van der Waals surface area contributed by atoms with Crippen LogP contribution in [0.3, 0.4) is 0 Å². The Morgan fingerprint density at radius 1 is 1.07 bits per heavy atom. The van der Waals surface area contributed by atoms with Gasteiger partial charge in [0.1, 0.15) is 5.41 Å². The maximum Gasteiger partial charge on any atom is 0.266 e. The zero-order valence-corrected chi connectivity index (χ0v) is 15.6. The fraction of sp³-hybridized carbons (Fsp3) is 0.238. The quantitative estimate of drug-likeness (QED) is 0.792. The molecular formula is C21H16ClN3O3. The third-order valence-corrected chi connectivity index (χ3v) is 5.65. The minimum absolute atomic E-state index is 0.157. The number of rotatable bonds is 3. The average Bonchev–Trinajstić information content (AvgIpc) is 3.28. The zero-order chi connectivity index (χ0) is 19.9. The number of hydrogen-bond donors (Lipinski definition) is 1. The molecule has 28 heavy (non-hydrogen) atoms. The predicted molar refractivity (Wildman–Crippen MR) is 104 cm³/mol. The Kier molecular flexibility index (Phi) is 4.40. The summed E-state index contributed by atoms with van der Waals surface area (Å²) in [6.45, 7) is 0. The highest BCUT2D eigenvalue weighted by Gasteiger charge is 2.42. The zero-order valence-electron chi connectivity index (χ0n) is 14.9. The Morgan fingerprint density at radius 3 is 2.21 bits per heavy atom. The lowest BCUT2D eigenvalue weighted by atomic mass is 9.87. The van der Waals surface area contributed by atoms with Gasteiger partial charge < -0.3 is 5.32 Å². The first kappa shape index (κ1) is 18.2. The first-order valence-corrected chi connectivity index (χ1v) is 9.35. The summed E-state index contributed by atoms with van der Waals surface area (Å²) in [6, 6.07) is 13.3. The van der Waals surface area contributed by atoms with Gasteiger partial charge in [-0.3, -0.25) is 14.4 Å². The van der Waals surface area contributed by atoms with Crippen molar-refractivity contribution in [3.8, 4) is 6.07 Å². The van der Waals surface area contributed by atoms with Gasteiger partial charge in [0.2, 0.25) is 5.91 Å². The minimum Gasteiger partial charge on any atom is -0.325 e. The van der Waals surface area contributed by atoms with Crippen LogP contribution in [0.2, 0.25) is 5.02 Å². The van der Waals surface area contributed by atoms with Gasteiger partial charge in [0, 0.05) is 5.69 Å². The van der Waals surface area contributed by atoms with Gasteiger partial charge in [0.15, 0.2) is 0 Å². The van der Waals surface area contributed by atoms with E-state index in [4.69, 9.17) is 11.6 Å². The van der Waals surface area contributed by atoms with Crippen molar-refractivity contribution in [3.05, 3.63) is 58.6 Å². The SMILES string of the molecule is N#CC1(C(=O)Nc2ccc(N3C(=O)c4ccccc4C3=O)c(Cl)c2)CCCC1. The molecule has 1 N–H and O–H groups in total. The summed E-state index contributed by atoms with van der Waals surface area (Å²) in [6.07, 6.45) is 2.77. The summed E-state index contributed by atoms with van der Waals surface area (Å²) in [5.74, 6) is -1.22. The summed E-state index contributed by atoms with van der Waals surface area (Å²) >= 11 is 6.33. The Labute approximate surface area is 166 Å². The molecule has 6 nitrogen and oxygen atoms in total. The average molecular weight is 394 g/mol. The van der Waals surface area contributed by atoms with Crippen molar-refractivity contribution >= 4 is 40.7 Å². The van der Waals surface area contributed by atoms with Gasteiger partial charge in [-0.15, -0.1) is 0 Å². The molecule has 1 aliphatic heterocycles. The van der Waals surface area contributed by atoms with Crippen molar-refractivity contribution in [2.24, 2.45) is 5.41 Å². The number of carbonyl (C=O) groups excluding carboxylic acids is 3. The summed E-state index contributed by atoms with van der Waals surface area (Å²) in [7, 11) is 0. The van der Waals surface area contributed by atoms with E-state index in [1.165, 1.54) is 12.1 Å². The van der Waals surface area contributed by atoms with Crippen LogP contribution in [-0.2, 0) is 4.79 Å². The molecule has 2 aromatic rings. The molecule has 0 aromatic heterocycles. The van der Waals surface area contributed by atoms with E-state index in [0.717, 1.165) is 17.7 Å². The molecule has 2 aliphatic rings. The molecule has 1 saturated carbocycles. The van der Waals surface area contributed by atoms with E-state index < -0.39 is 17.2 Å². The number of anilines is 2. The molecule has 1 heterocycles. The Morgan fingerprint density at radius 2 is 1.68 bits per heavy atom. The molecule has 0 saturated heterocycles. The predicted octanol–water partition coefficient (Wildman–Crippen LogP) is 4.16. The van der Waals surface area contributed by atoms with Crippen molar-refractivity contribution in [2.45, 2.75) is 25.7 Å². The number of imide groups is 1. The van der Waals surface area contributed by atoms with Crippen LogP contribution in [0.25, 0.3) is 0 Å². The second-order valence-electron chi connectivity index (χ2n) is 7.01. The molecule has 140 valence electrons. The van der Waals surface area contributed by atoms with E-state index in [0.29, 0.717) is 29.7 Å². The van der Waals surface area contributed by atoms with Gasteiger partial charge in [-0.1, -0.05) is 36.6 Å². The molecule has 0 unspecified atom stereocenters. The van der Waals surface area contributed by atoms with Crippen LogP contribution in [0.1, 0.15) is 46.4 Å². The molecule has 1 fully saturated rings. The highest BCUT2D eigenvalue weighted by Crippen LogP contribution is 2.39. The van der Waals surface area contributed by atoms with Crippen LogP contribution in [-0.4, -0.2) is 17.7 Å². The van der Waals surface area contributed by atoms with Gasteiger partial charge in [-0.25, -0.2) is 4.90 Å². The number of benzene rings is 2. The molecule has 7 heteroatoms. The van der Waals surface area contributed by atoms with E-state index in [1.807, 2.05) is 0 Å². The van der Waals surface area contributed by atoms with Crippen LogP contribution < -0.4 is 10.2 Å². The number of halogens is 1. The molecule has 3 amide bonds. The Balaban J connectivity index is 1.60. The first-order chi connectivity index (χ1) is 13.5. The van der Waals surface area contributed by atoms with Crippen molar-refractivity contribution in [3.63, 3.8) is 0 Å². The van der Waals surface area contributed by atoms with E-state index in [1.54, 1.807) is 30.3 Å². The third kappa shape index (κ3) is 2.76. The summed E-state index contributed by atoms with van der Waals surface area (Å²) in [4.78, 5) is 38.8. The summed E-state index contributed by atoms with van der Waals surface area (Å²) in [5.41, 5.74) is 0.322. The fourth-order valence-electron chi connectivity index (χ4n) is 3.79.